The van der Waals surface area contributed by atoms with Crippen LogP contribution in [0.1, 0.15) is 34.6 Å². The molecule has 3 heterocycles. The van der Waals surface area contributed by atoms with Gasteiger partial charge in [-0.15, -0.1) is 0 Å². The van der Waals surface area contributed by atoms with E-state index in [0.717, 1.165) is 54.6 Å². The van der Waals surface area contributed by atoms with E-state index in [1.165, 1.54) is 0 Å². The van der Waals surface area contributed by atoms with Gasteiger partial charge in [-0.2, -0.15) is 5.10 Å². The molecule has 3 aromatic rings. The van der Waals surface area contributed by atoms with Crippen molar-refractivity contribution in [3.05, 3.63) is 71.1 Å². The molecule has 2 N–H and O–H groups in total. The highest BCUT2D eigenvalue weighted by atomic mass is 16.3. The molecule has 1 aliphatic rings. The van der Waals surface area contributed by atoms with E-state index < -0.39 is 6.10 Å². The van der Waals surface area contributed by atoms with Crippen LogP contribution in [0.4, 0.5) is 0 Å². The molecule has 6 nitrogen and oxygen atoms in total. The molecule has 6 heteroatoms. The number of aryl methyl sites for hydroxylation is 1. The zero-order valence-electron chi connectivity index (χ0n) is 14.4. The molecule has 130 valence electrons. The molecule has 2 aromatic heterocycles. The zero-order chi connectivity index (χ0) is 17.2. The summed E-state index contributed by atoms with van der Waals surface area (Å²) in [6, 6.07) is 12.1. The number of aliphatic hydroxyl groups excluding tert-OH is 1. The van der Waals surface area contributed by atoms with Gasteiger partial charge in [0, 0.05) is 37.9 Å². The van der Waals surface area contributed by atoms with Gasteiger partial charge >= 0.3 is 0 Å². The molecule has 0 spiro atoms. The fraction of sp³-hybridized carbons (Fsp3) is 0.368. The highest BCUT2D eigenvalue weighted by molar-refractivity contribution is 5.20. The fourth-order valence-corrected chi connectivity index (χ4v) is 3.38. The number of hydrogen-bond acceptors (Lipinski definition) is 4. The maximum atomic E-state index is 10.5. The summed E-state index contributed by atoms with van der Waals surface area (Å²) in [5.74, 6) is 0.948. The Balaban J connectivity index is 1.43. The van der Waals surface area contributed by atoms with Gasteiger partial charge in [-0.25, -0.2) is 4.98 Å². The van der Waals surface area contributed by atoms with Crippen molar-refractivity contribution in [2.45, 2.75) is 39.1 Å². The summed E-state index contributed by atoms with van der Waals surface area (Å²) in [4.78, 5) is 9.92. The van der Waals surface area contributed by atoms with E-state index in [0.29, 0.717) is 6.42 Å². The third-order valence-electron chi connectivity index (χ3n) is 4.66. The fourth-order valence-electron chi connectivity index (χ4n) is 3.38. The first-order chi connectivity index (χ1) is 12.2. The third kappa shape index (κ3) is 3.65. The number of hydrogen-bond donors (Lipinski definition) is 2. The minimum atomic E-state index is -0.566. The van der Waals surface area contributed by atoms with E-state index >= 15 is 0 Å². The van der Waals surface area contributed by atoms with Gasteiger partial charge in [0.05, 0.1) is 17.9 Å². The van der Waals surface area contributed by atoms with Crippen molar-refractivity contribution >= 4 is 0 Å². The molecule has 1 atom stereocenters. The largest absolute Gasteiger partial charge is 0.386 e. The van der Waals surface area contributed by atoms with Gasteiger partial charge in [-0.1, -0.05) is 30.3 Å². The predicted octanol–water partition coefficient (Wildman–Crippen LogP) is 2.21. The van der Waals surface area contributed by atoms with Crippen LogP contribution < -0.4 is 0 Å². The van der Waals surface area contributed by atoms with Crippen molar-refractivity contribution in [2.75, 3.05) is 6.54 Å². The minimum absolute atomic E-state index is 0.566. The maximum absolute atomic E-state index is 10.5. The van der Waals surface area contributed by atoms with Gasteiger partial charge in [0.15, 0.2) is 0 Å². The molecule has 1 aliphatic heterocycles. The van der Waals surface area contributed by atoms with Crippen LogP contribution in [0.3, 0.4) is 0 Å². The number of aliphatic hydroxyl groups is 1. The number of rotatable bonds is 5. The molecule has 1 aromatic carbocycles. The number of nitrogens with zero attached hydrogens (tertiary/aromatic N) is 4. The van der Waals surface area contributed by atoms with Gasteiger partial charge < -0.3 is 10.1 Å². The summed E-state index contributed by atoms with van der Waals surface area (Å²) in [5, 5.41) is 15.1. The van der Waals surface area contributed by atoms with Crippen LogP contribution in [-0.4, -0.2) is 36.3 Å². The minimum Gasteiger partial charge on any atom is -0.386 e. The zero-order valence-corrected chi connectivity index (χ0v) is 14.4. The van der Waals surface area contributed by atoms with Crippen molar-refractivity contribution < 1.29 is 5.11 Å². The molecule has 0 amide bonds. The Kier molecular flexibility index (Phi) is 4.38. The Morgan fingerprint density at radius 1 is 1.24 bits per heavy atom. The highest BCUT2D eigenvalue weighted by Crippen LogP contribution is 2.22. The number of aromatic amines is 1. The van der Waals surface area contributed by atoms with E-state index in [1.807, 2.05) is 54.2 Å². The Hall–Kier alpha value is -2.44. The van der Waals surface area contributed by atoms with Crippen LogP contribution >= 0.6 is 0 Å². The van der Waals surface area contributed by atoms with Crippen LogP contribution in [0.2, 0.25) is 0 Å². The average molecular weight is 337 g/mol. The van der Waals surface area contributed by atoms with E-state index in [4.69, 9.17) is 0 Å². The first-order valence-electron chi connectivity index (χ1n) is 8.69. The summed E-state index contributed by atoms with van der Waals surface area (Å²) >= 11 is 0. The molecule has 4 rings (SSSR count). The van der Waals surface area contributed by atoms with Crippen molar-refractivity contribution in [3.8, 4) is 0 Å². The molecule has 0 radical (unpaired) electrons. The molecule has 0 bridgehead atoms. The maximum Gasteiger partial charge on any atom is 0.103 e. The molecular formula is C19H23N5O. The molecule has 0 fully saturated rings. The summed E-state index contributed by atoms with van der Waals surface area (Å²) in [6.45, 7) is 5.45. The smallest absolute Gasteiger partial charge is 0.103 e. The molecule has 25 heavy (non-hydrogen) atoms. The molecular weight excluding hydrogens is 314 g/mol. The number of benzene rings is 1. The lowest BCUT2D eigenvalue weighted by molar-refractivity contribution is 0.171. The number of imidazole rings is 1. The van der Waals surface area contributed by atoms with Gasteiger partial charge in [0.25, 0.3) is 0 Å². The van der Waals surface area contributed by atoms with Crippen molar-refractivity contribution in [3.63, 3.8) is 0 Å². The lowest BCUT2D eigenvalue weighted by Crippen LogP contribution is -2.33. The Labute approximate surface area is 147 Å². The number of fused-ring (bicyclic) bond motifs is 1. The van der Waals surface area contributed by atoms with E-state index in [1.54, 1.807) is 0 Å². The summed E-state index contributed by atoms with van der Waals surface area (Å²) in [6.07, 6.45) is 1.93. The van der Waals surface area contributed by atoms with E-state index in [9.17, 15) is 5.11 Å². The summed E-state index contributed by atoms with van der Waals surface area (Å²) in [5.41, 5.74) is 4.18. The number of H-pyrrole nitrogens is 1. The summed E-state index contributed by atoms with van der Waals surface area (Å²) < 4.78 is 2.03. The van der Waals surface area contributed by atoms with Crippen LogP contribution in [0.25, 0.3) is 0 Å². The van der Waals surface area contributed by atoms with Crippen LogP contribution in [-0.2, 0) is 26.1 Å². The Morgan fingerprint density at radius 2 is 2.08 bits per heavy atom. The number of aromatic nitrogens is 4. The van der Waals surface area contributed by atoms with E-state index in [2.05, 4.69) is 20.0 Å². The van der Waals surface area contributed by atoms with Crippen LogP contribution in [0.5, 0.6) is 0 Å². The monoisotopic (exact) mass is 337 g/mol. The van der Waals surface area contributed by atoms with E-state index in [-0.39, 0.29) is 0 Å². The Bertz CT molecular complexity index is 839. The third-order valence-corrected chi connectivity index (χ3v) is 4.66. The first kappa shape index (κ1) is 16.1. The second-order valence-electron chi connectivity index (χ2n) is 6.69. The van der Waals surface area contributed by atoms with Gasteiger partial charge in [0.1, 0.15) is 11.9 Å². The molecule has 0 aliphatic carbocycles. The van der Waals surface area contributed by atoms with Crippen molar-refractivity contribution in [2.24, 2.45) is 0 Å². The van der Waals surface area contributed by atoms with Gasteiger partial charge in [-0.05, 0) is 18.6 Å². The summed E-state index contributed by atoms with van der Waals surface area (Å²) in [7, 11) is 0. The topological polar surface area (TPSA) is 70.0 Å². The van der Waals surface area contributed by atoms with Gasteiger partial charge in [0.2, 0.25) is 0 Å². The normalized spacial score (nSPS) is 15.9. The van der Waals surface area contributed by atoms with Crippen molar-refractivity contribution in [1.29, 1.82) is 0 Å². The molecule has 0 saturated heterocycles. The van der Waals surface area contributed by atoms with Crippen LogP contribution in [0, 0.1) is 6.92 Å². The standard InChI is InChI=1S/C19H23N5O/c1-14-20-11-16(21-14)12-23-7-8-24-17(13-23)10-18(22-24)19(25)9-15-5-3-2-4-6-15/h2-6,10-11,19,25H,7-9,12-13H2,1H3,(H,20,21)/t19-/m1/s1. The second-order valence-corrected chi connectivity index (χ2v) is 6.69. The quantitative estimate of drug-likeness (QED) is 0.749. The average Bonchev–Trinajstić information content (AvgIpc) is 3.21. The Morgan fingerprint density at radius 3 is 2.84 bits per heavy atom. The lowest BCUT2D eigenvalue weighted by atomic mass is 10.1. The SMILES string of the molecule is Cc1ncc(CN2CCn3nc([C@H](O)Cc4ccccc4)cc3C2)[nH]1. The highest BCUT2D eigenvalue weighted by Gasteiger charge is 2.21. The number of nitrogens with one attached hydrogen (secondary N) is 1. The lowest BCUT2D eigenvalue weighted by Gasteiger charge is -2.26. The first-order valence-corrected chi connectivity index (χ1v) is 8.69. The predicted molar refractivity (Wildman–Crippen MR) is 94.8 cm³/mol. The van der Waals surface area contributed by atoms with Crippen molar-refractivity contribution in [1.82, 2.24) is 24.6 Å². The molecule has 0 saturated carbocycles. The van der Waals surface area contributed by atoms with Gasteiger partial charge in [-0.3, -0.25) is 9.58 Å². The second kappa shape index (κ2) is 6.82. The molecule has 0 unspecified atom stereocenters. The van der Waals surface area contributed by atoms with Crippen LogP contribution in [0.15, 0.2) is 42.6 Å².